The van der Waals surface area contributed by atoms with Gasteiger partial charge in [0.15, 0.2) is 0 Å². The molecule has 1 N–H and O–H groups in total. The molecule has 1 atom stereocenters. The first-order valence-electron chi connectivity index (χ1n) is 3.99. The standard InChI is InChI=1S/C8H18O.Ti/c1-3-5-7-8(9)6-4-2;/h8-9H,3-7H2,1-2H3;. The van der Waals surface area contributed by atoms with Gasteiger partial charge in [0.25, 0.3) is 0 Å². The van der Waals surface area contributed by atoms with E-state index in [4.69, 9.17) is 0 Å². The summed E-state index contributed by atoms with van der Waals surface area (Å²) in [7, 11) is 0. The molecule has 0 saturated heterocycles. The van der Waals surface area contributed by atoms with Crippen molar-refractivity contribution in [2.45, 2.75) is 52.1 Å². The molecular weight excluding hydrogens is 160 g/mol. The van der Waals surface area contributed by atoms with Crippen LogP contribution < -0.4 is 0 Å². The molecule has 0 aromatic rings. The van der Waals surface area contributed by atoms with E-state index in [0.29, 0.717) is 0 Å². The van der Waals surface area contributed by atoms with Crippen molar-refractivity contribution in [1.82, 2.24) is 0 Å². The van der Waals surface area contributed by atoms with Crippen LogP contribution in [0.15, 0.2) is 0 Å². The van der Waals surface area contributed by atoms with Crippen LogP contribution in [0.3, 0.4) is 0 Å². The van der Waals surface area contributed by atoms with E-state index < -0.39 is 0 Å². The molecule has 10 heavy (non-hydrogen) atoms. The van der Waals surface area contributed by atoms with Gasteiger partial charge in [0.05, 0.1) is 6.10 Å². The molecule has 0 spiro atoms. The summed E-state index contributed by atoms with van der Waals surface area (Å²) in [5.74, 6) is 0. The van der Waals surface area contributed by atoms with Crippen molar-refractivity contribution in [3.05, 3.63) is 0 Å². The fourth-order valence-electron chi connectivity index (χ4n) is 0.917. The van der Waals surface area contributed by atoms with E-state index in [2.05, 4.69) is 13.8 Å². The number of aliphatic hydroxyl groups is 1. The van der Waals surface area contributed by atoms with Crippen molar-refractivity contribution in [2.75, 3.05) is 0 Å². The van der Waals surface area contributed by atoms with Crippen LogP contribution in [0.2, 0.25) is 0 Å². The Morgan fingerprint density at radius 2 is 1.70 bits per heavy atom. The third-order valence-corrected chi connectivity index (χ3v) is 1.51. The van der Waals surface area contributed by atoms with Crippen molar-refractivity contribution < 1.29 is 26.8 Å². The van der Waals surface area contributed by atoms with E-state index in [0.717, 1.165) is 19.3 Å². The van der Waals surface area contributed by atoms with Crippen LogP contribution in [0.25, 0.3) is 0 Å². The fourth-order valence-corrected chi connectivity index (χ4v) is 0.917. The fraction of sp³-hybridized carbons (Fsp3) is 1.00. The van der Waals surface area contributed by atoms with E-state index in [1.807, 2.05) is 0 Å². The zero-order valence-electron chi connectivity index (χ0n) is 7.06. The van der Waals surface area contributed by atoms with Crippen LogP contribution in [0.4, 0.5) is 0 Å². The first-order valence-corrected chi connectivity index (χ1v) is 3.99. The maximum Gasteiger partial charge on any atom is 0.0540 e. The van der Waals surface area contributed by atoms with Crippen LogP contribution in [0.1, 0.15) is 46.0 Å². The smallest absolute Gasteiger partial charge is 0.0540 e. The first-order chi connectivity index (χ1) is 4.31. The van der Waals surface area contributed by atoms with E-state index in [1.54, 1.807) is 0 Å². The molecule has 60 valence electrons. The minimum atomic E-state index is -0.0325. The molecule has 0 bridgehead atoms. The molecule has 0 rings (SSSR count). The van der Waals surface area contributed by atoms with Crippen LogP contribution in [-0.4, -0.2) is 11.2 Å². The van der Waals surface area contributed by atoms with Gasteiger partial charge in [0.1, 0.15) is 0 Å². The Hall–Kier alpha value is 0.674. The maximum atomic E-state index is 9.18. The Bertz CT molecular complexity index is 57.2. The summed E-state index contributed by atoms with van der Waals surface area (Å²) in [4.78, 5) is 0. The van der Waals surface area contributed by atoms with E-state index in [9.17, 15) is 5.11 Å². The first kappa shape index (κ1) is 13.3. The predicted molar refractivity (Wildman–Crippen MR) is 40.4 cm³/mol. The molecule has 0 aliphatic rings. The normalized spacial score (nSPS) is 12.3. The van der Waals surface area contributed by atoms with Gasteiger partial charge >= 0.3 is 0 Å². The second-order valence-electron chi connectivity index (χ2n) is 2.58. The molecular formula is C8H18OTi. The summed E-state index contributed by atoms with van der Waals surface area (Å²) >= 11 is 0. The molecule has 0 fully saturated rings. The summed E-state index contributed by atoms with van der Waals surface area (Å²) in [5, 5.41) is 9.18. The molecule has 0 aliphatic carbocycles. The Kier molecular flexibility index (Phi) is 12.8. The molecule has 2 heteroatoms. The van der Waals surface area contributed by atoms with Gasteiger partial charge in [-0.15, -0.1) is 0 Å². The van der Waals surface area contributed by atoms with Crippen LogP contribution in [0, 0.1) is 0 Å². The van der Waals surface area contributed by atoms with Crippen molar-refractivity contribution in [2.24, 2.45) is 0 Å². The third kappa shape index (κ3) is 8.67. The summed E-state index contributed by atoms with van der Waals surface area (Å²) in [6, 6.07) is 0. The average Bonchev–Trinajstić information content (AvgIpc) is 1.85. The number of hydrogen-bond donors (Lipinski definition) is 1. The quantitative estimate of drug-likeness (QED) is 0.640. The minimum Gasteiger partial charge on any atom is -0.393 e. The molecule has 0 heterocycles. The molecule has 1 unspecified atom stereocenters. The summed E-state index contributed by atoms with van der Waals surface area (Å²) in [6.07, 6.45) is 5.40. The van der Waals surface area contributed by atoms with Crippen LogP contribution in [0.5, 0.6) is 0 Å². The van der Waals surface area contributed by atoms with Crippen molar-refractivity contribution in [3.63, 3.8) is 0 Å². The Morgan fingerprint density at radius 3 is 2.10 bits per heavy atom. The molecule has 0 aromatic heterocycles. The third-order valence-electron chi connectivity index (χ3n) is 1.51. The Labute approximate surface area is 79.1 Å². The molecule has 0 aliphatic heterocycles. The second-order valence-corrected chi connectivity index (χ2v) is 2.58. The Morgan fingerprint density at radius 1 is 1.10 bits per heavy atom. The van der Waals surface area contributed by atoms with Gasteiger partial charge in [0, 0.05) is 21.7 Å². The Balaban J connectivity index is 0. The van der Waals surface area contributed by atoms with E-state index in [-0.39, 0.29) is 27.8 Å². The van der Waals surface area contributed by atoms with Gasteiger partial charge in [0.2, 0.25) is 0 Å². The SMILES string of the molecule is CCCCC(O)CCC.[Ti]. The van der Waals surface area contributed by atoms with Gasteiger partial charge in [-0.3, -0.25) is 0 Å². The van der Waals surface area contributed by atoms with Crippen LogP contribution in [-0.2, 0) is 21.7 Å². The molecule has 1 nitrogen and oxygen atoms in total. The monoisotopic (exact) mass is 178 g/mol. The molecule has 0 amide bonds. The van der Waals surface area contributed by atoms with E-state index in [1.165, 1.54) is 12.8 Å². The van der Waals surface area contributed by atoms with Crippen molar-refractivity contribution in [1.29, 1.82) is 0 Å². The van der Waals surface area contributed by atoms with Gasteiger partial charge < -0.3 is 5.11 Å². The van der Waals surface area contributed by atoms with Crippen LogP contribution >= 0.6 is 0 Å². The minimum absolute atomic E-state index is 0. The zero-order valence-corrected chi connectivity index (χ0v) is 8.62. The molecule has 0 saturated carbocycles. The zero-order chi connectivity index (χ0) is 7.11. The topological polar surface area (TPSA) is 20.2 Å². The predicted octanol–water partition coefficient (Wildman–Crippen LogP) is 2.34. The average molecular weight is 178 g/mol. The van der Waals surface area contributed by atoms with Crippen molar-refractivity contribution in [3.8, 4) is 0 Å². The number of unbranched alkanes of at least 4 members (excludes halogenated alkanes) is 1. The molecule has 0 radical (unpaired) electrons. The number of hydrogen-bond acceptors (Lipinski definition) is 1. The summed E-state index contributed by atoms with van der Waals surface area (Å²) in [5.41, 5.74) is 0. The summed E-state index contributed by atoms with van der Waals surface area (Å²) < 4.78 is 0. The van der Waals surface area contributed by atoms with Gasteiger partial charge in [-0.25, -0.2) is 0 Å². The summed E-state index contributed by atoms with van der Waals surface area (Å²) in [6.45, 7) is 4.26. The van der Waals surface area contributed by atoms with Gasteiger partial charge in [-0.05, 0) is 12.8 Å². The maximum absolute atomic E-state index is 9.18. The molecule has 0 aromatic carbocycles. The van der Waals surface area contributed by atoms with Gasteiger partial charge in [-0.1, -0.05) is 33.1 Å². The second kappa shape index (κ2) is 9.67. The number of rotatable bonds is 5. The largest absolute Gasteiger partial charge is 0.393 e. The van der Waals surface area contributed by atoms with Crippen molar-refractivity contribution >= 4 is 0 Å². The van der Waals surface area contributed by atoms with E-state index >= 15 is 0 Å². The number of aliphatic hydroxyl groups excluding tert-OH is 1. The van der Waals surface area contributed by atoms with Gasteiger partial charge in [-0.2, -0.15) is 0 Å².